The normalized spacial score (nSPS) is 17.7. The first-order chi connectivity index (χ1) is 11.5. The molecule has 0 spiro atoms. The molecule has 1 aliphatic heterocycles. The maximum Gasteiger partial charge on any atom is 0.273 e. The molecule has 0 radical (unpaired) electrons. The molecule has 1 aliphatic rings. The van der Waals surface area contributed by atoms with Gasteiger partial charge in [0, 0.05) is 30.0 Å². The van der Waals surface area contributed by atoms with Gasteiger partial charge in [0.25, 0.3) is 5.91 Å². The number of thiazole rings is 1. The van der Waals surface area contributed by atoms with Gasteiger partial charge in [-0.3, -0.25) is 4.79 Å². The second-order valence-corrected chi connectivity index (χ2v) is 7.98. The Labute approximate surface area is 152 Å². The topological polar surface area (TPSA) is 36.4 Å². The number of nitrogens with zero attached hydrogens (tertiary/aromatic N) is 3. The molecule has 4 nitrogen and oxygen atoms in total. The van der Waals surface area contributed by atoms with E-state index >= 15 is 0 Å². The van der Waals surface area contributed by atoms with Crippen molar-refractivity contribution < 1.29 is 4.79 Å². The Morgan fingerprint density at radius 3 is 2.83 bits per heavy atom. The van der Waals surface area contributed by atoms with Crippen molar-refractivity contribution in [3.8, 4) is 0 Å². The first-order valence-corrected chi connectivity index (χ1v) is 9.40. The molecule has 2 aromatic rings. The van der Waals surface area contributed by atoms with Crippen LogP contribution in [0.1, 0.15) is 27.5 Å². The van der Waals surface area contributed by atoms with Crippen LogP contribution in [0.5, 0.6) is 0 Å². The second-order valence-electron chi connectivity index (χ2n) is 6.60. The highest BCUT2D eigenvalue weighted by molar-refractivity contribution is 7.09. The molecule has 1 amide bonds. The fourth-order valence-electron chi connectivity index (χ4n) is 3.05. The highest BCUT2D eigenvalue weighted by atomic mass is 35.5. The lowest BCUT2D eigenvalue weighted by atomic mass is 9.99. The minimum Gasteiger partial charge on any atom is -0.337 e. The zero-order valence-electron chi connectivity index (χ0n) is 14.0. The van der Waals surface area contributed by atoms with Crippen LogP contribution in [0, 0.1) is 5.92 Å². The van der Waals surface area contributed by atoms with Gasteiger partial charge in [0.15, 0.2) is 0 Å². The van der Waals surface area contributed by atoms with Gasteiger partial charge in [-0.2, -0.15) is 0 Å². The molecule has 1 fully saturated rings. The third-order valence-electron chi connectivity index (χ3n) is 4.23. The lowest BCUT2D eigenvalue weighted by molar-refractivity contribution is 0.0781. The molecular weight excluding hydrogens is 342 g/mol. The zero-order chi connectivity index (χ0) is 17.1. The van der Waals surface area contributed by atoms with E-state index in [0.717, 1.165) is 42.5 Å². The number of carbonyl (C=O) groups excluding carboxylic acids is 1. The Balaban J connectivity index is 1.57. The van der Waals surface area contributed by atoms with Gasteiger partial charge < -0.3 is 9.80 Å². The number of halogens is 1. The van der Waals surface area contributed by atoms with Crippen molar-refractivity contribution in [2.45, 2.75) is 19.4 Å². The summed E-state index contributed by atoms with van der Waals surface area (Å²) in [6.07, 6.45) is 2.03. The highest BCUT2D eigenvalue weighted by Crippen LogP contribution is 2.24. The largest absolute Gasteiger partial charge is 0.337 e. The molecule has 1 unspecified atom stereocenters. The smallest absolute Gasteiger partial charge is 0.273 e. The Hall–Kier alpha value is -1.43. The number of carbonyl (C=O) groups is 1. The molecule has 3 rings (SSSR count). The molecular formula is C18H22ClN3OS. The predicted octanol–water partition coefficient (Wildman–Crippen LogP) is 3.56. The van der Waals surface area contributed by atoms with Gasteiger partial charge in [-0.25, -0.2) is 4.98 Å². The SMILES string of the molecule is CN(C)Cc1nc(C(=O)N2CCC(Cc3ccc(Cl)cc3)C2)cs1. The molecule has 0 saturated carbocycles. The van der Waals surface area contributed by atoms with Crippen molar-refractivity contribution in [2.75, 3.05) is 27.2 Å². The molecule has 24 heavy (non-hydrogen) atoms. The summed E-state index contributed by atoms with van der Waals surface area (Å²) in [5.74, 6) is 0.574. The van der Waals surface area contributed by atoms with Gasteiger partial charge in [0.1, 0.15) is 10.7 Å². The molecule has 0 bridgehead atoms. The third-order valence-corrected chi connectivity index (χ3v) is 5.32. The van der Waals surface area contributed by atoms with Gasteiger partial charge in [-0.05, 0) is 50.6 Å². The van der Waals surface area contributed by atoms with Crippen molar-refractivity contribution >= 4 is 28.8 Å². The second kappa shape index (κ2) is 7.64. The molecule has 1 atom stereocenters. The number of benzene rings is 1. The van der Waals surface area contributed by atoms with Crippen LogP contribution in [-0.2, 0) is 13.0 Å². The number of hydrogen-bond donors (Lipinski definition) is 0. The molecule has 0 aliphatic carbocycles. The maximum absolute atomic E-state index is 12.6. The van der Waals surface area contributed by atoms with E-state index in [-0.39, 0.29) is 5.91 Å². The average molecular weight is 364 g/mol. The average Bonchev–Trinajstić information content (AvgIpc) is 3.18. The van der Waals surface area contributed by atoms with Gasteiger partial charge in [-0.1, -0.05) is 23.7 Å². The summed E-state index contributed by atoms with van der Waals surface area (Å²) in [6.45, 7) is 2.40. The molecule has 2 heterocycles. The Kier molecular flexibility index (Phi) is 5.54. The molecule has 1 aromatic carbocycles. The first kappa shape index (κ1) is 17.4. The summed E-state index contributed by atoms with van der Waals surface area (Å²) in [6, 6.07) is 7.99. The fourth-order valence-corrected chi connectivity index (χ4v) is 4.06. The first-order valence-electron chi connectivity index (χ1n) is 8.14. The highest BCUT2D eigenvalue weighted by Gasteiger charge is 2.28. The summed E-state index contributed by atoms with van der Waals surface area (Å²) in [4.78, 5) is 21.1. The maximum atomic E-state index is 12.6. The van der Waals surface area contributed by atoms with Crippen molar-refractivity contribution in [1.82, 2.24) is 14.8 Å². The number of rotatable bonds is 5. The number of amides is 1. The van der Waals surface area contributed by atoms with E-state index in [1.54, 1.807) is 11.3 Å². The van der Waals surface area contributed by atoms with E-state index < -0.39 is 0 Å². The van der Waals surface area contributed by atoms with E-state index in [9.17, 15) is 4.79 Å². The van der Waals surface area contributed by atoms with Crippen LogP contribution in [0.25, 0.3) is 0 Å². The monoisotopic (exact) mass is 363 g/mol. The number of aromatic nitrogens is 1. The van der Waals surface area contributed by atoms with Crippen LogP contribution in [-0.4, -0.2) is 47.9 Å². The third kappa shape index (κ3) is 4.35. The molecule has 1 saturated heterocycles. The van der Waals surface area contributed by atoms with E-state index in [0.29, 0.717) is 11.6 Å². The predicted molar refractivity (Wildman–Crippen MR) is 98.7 cm³/mol. The zero-order valence-corrected chi connectivity index (χ0v) is 15.6. The lowest BCUT2D eigenvalue weighted by Crippen LogP contribution is -2.29. The fraction of sp³-hybridized carbons (Fsp3) is 0.444. The molecule has 1 aromatic heterocycles. The van der Waals surface area contributed by atoms with Crippen LogP contribution in [0.2, 0.25) is 5.02 Å². The molecule has 0 N–H and O–H groups in total. The van der Waals surface area contributed by atoms with Crippen molar-refractivity contribution in [3.63, 3.8) is 0 Å². The van der Waals surface area contributed by atoms with Gasteiger partial charge in [-0.15, -0.1) is 11.3 Å². The van der Waals surface area contributed by atoms with E-state index in [4.69, 9.17) is 11.6 Å². The standard InChI is InChI=1S/C18H22ClN3OS/c1-21(2)11-17-20-16(12-24-17)18(23)22-8-7-14(10-22)9-13-3-5-15(19)6-4-13/h3-6,12,14H,7-11H2,1-2H3. The van der Waals surface area contributed by atoms with Crippen LogP contribution < -0.4 is 0 Å². The van der Waals surface area contributed by atoms with Crippen LogP contribution >= 0.6 is 22.9 Å². The van der Waals surface area contributed by atoms with Crippen LogP contribution in [0.4, 0.5) is 0 Å². The number of likely N-dealkylation sites (tertiary alicyclic amines) is 1. The summed E-state index contributed by atoms with van der Waals surface area (Å²) in [5, 5.41) is 3.63. The van der Waals surface area contributed by atoms with Crippen molar-refractivity contribution in [2.24, 2.45) is 5.92 Å². The van der Waals surface area contributed by atoms with Gasteiger partial charge in [0.05, 0.1) is 0 Å². The molecule has 6 heteroatoms. The Morgan fingerprint density at radius 1 is 1.38 bits per heavy atom. The minimum absolute atomic E-state index is 0.0647. The van der Waals surface area contributed by atoms with Gasteiger partial charge >= 0.3 is 0 Å². The van der Waals surface area contributed by atoms with E-state index in [2.05, 4.69) is 22.0 Å². The summed E-state index contributed by atoms with van der Waals surface area (Å²) in [5.41, 5.74) is 1.87. The van der Waals surface area contributed by atoms with Crippen molar-refractivity contribution in [1.29, 1.82) is 0 Å². The molecule has 128 valence electrons. The lowest BCUT2D eigenvalue weighted by Gasteiger charge is -2.15. The van der Waals surface area contributed by atoms with Crippen molar-refractivity contribution in [3.05, 3.63) is 50.9 Å². The minimum atomic E-state index is 0.0647. The quantitative estimate of drug-likeness (QED) is 0.814. The summed E-state index contributed by atoms with van der Waals surface area (Å²) in [7, 11) is 4.01. The summed E-state index contributed by atoms with van der Waals surface area (Å²) < 4.78 is 0. The Morgan fingerprint density at radius 2 is 2.12 bits per heavy atom. The number of hydrogen-bond acceptors (Lipinski definition) is 4. The van der Waals surface area contributed by atoms with Crippen LogP contribution in [0.15, 0.2) is 29.6 Å². The van der Waals surface area contributed by atoms with E-state index in [1.807, 2.05) is 36.5 Å². The summed E-state index contributed by atoms with van der Waals surface area (Å²) >= 11 is 7.49. The van der Waals surface area contributed by atoms with Gasteiger partial charge in [0.2, 0.25) is 0 Å². The van der Waals surface area contributed by atoms with E-state index in [1.165, 1.54) is 5.56 Å². The Bertz CT molecular complexity index is 699. The van der Waals surface area contributed by atoms with Crippen LogP contribution in [0.3, 0.4) is 0 Å².